The highest BCUT2D eigenvalue weighted by Crippen LogP contribution is 2.11. The van der Waals surface area contributed by atoms with Gasteiger partial charge >= 0.3 is 0 Å². The van der Waals surface area contributed by atoms with Crippen molar-refractivity contribution in [3.05, 3.63) is 59.7 Å². The highest BCUT2D eigenvalue weighted by molar-refractivity contribution is 7.80. The number of hydrazone groups is 2. The van der Waals surface area contributed by atoms with Crippen LogP contribution >= 0.6 is 24.4 Å². The SMILES string of the molecule is CN(C)c1ccc(C=NNC(=S)NCCCN2CCN(CCCNC(=S)N/N=C/c3ccc(N(C)C)cc3)CC2)cc1. The minimum absolute atomic E-state index is 0.547. The van der Waals surface area contributed by atoms with Crippen molar-refractivity contribution in [3.8, 4) is 0 Å². The number of benzene rings is 2. The summed E-state index contributed by atoms with van der Waals surface area (Å²) in [4.78, 5) is 9.18. The van der Waals surface area contributed by atoms with Crippen LogP contribution in [0.1, 0.15) is 24.0 Å². The molecular formula is C30H46N10S2. The van der Waals surface area contributed by atoms with Crippen LogP contribution in [0.3, 0.4) is 0 Å². The molecule has 0 atom stereocenters. The van der Waals surface area contributed by atoms with Gasteiger partial charge in [-0.15, -0.1) is 0 Å². The molecule has 1 heterocycles. The fourth-order valence-electron chi connectivity index (χ4n) is 4.37. The minimum Gasteiger partial charge on any atom is -0.378 e. The molecule has 0 aromatic heterocycles. The third-order valence-corrected chi connectivity index (χ3v) is 7.39. The van der Waals surface area contributed by atoms with Crippen molar-refractivity contribution in [2.75, 3.05) is 90.3 Å². The summed E-state index contributed by atoms with van der Waals surface area (Å²) < 4.78 is 0. The molecule has 0 spiro atoms. The Morgan fingerprint density at radius 1 is 0.667 bits per heavy atom. The van der Waals surface area contributed by atoms with Gasteiger partial charge in [0.15, 0.2) is 10.2 Å². The highest BCUT2D eigenvalue weighted by atomic mass is 32.1. The van der Waals surface area contributed by atoms with Gasteiger partial charge in [-0.25, -0.2) is 0 Å². The molecule has 0 saturated carbocycles. The van der Waals surface area contributed by atoms with Gasteiger partial charge in [0, 0.05) is 78.8 Å². The Kier molecular flexibility index (Phi) is 14.4. The van der Waals surface area contributed by atoms with Gasteiger partial charge in [0.25, 0.3) is 0 Å². The van der Waals surface area contributed by atoms with E-state index in [4.69, 9.17) is 24.4 Å². The van der Waals surface area contributed by atoms with Crippen molar-refractivity contribution >= 4 is 58.5 Å². The summed E-state index contributed by atoms with van der Waals surface area (Å²) in [5, 5.41) is 16.0. The number of thiocarbonyl (C=S) groups is 2. The predicted molar refractivity (Wildman–Crippen MR) is 186 cm³/mol. The number of hydrogen-bond donors (Lipinski definition) is 4. The van der Waals surface area contributed by atoms with Crippen LogP contribution in [0.25, 0.3) is 0 Å². The van der Waals surface area contributed by atoms with E-state index >= 15 is 0 Å². The molecule has 228 valence electrons. The van der Waals surface area contributed by atoms with Crippen LogP contribution < -0.4 is 31.3 Å². The number of piperazine rings is 1. The average molecular weight is 611 g/mol. The molecule has 2 aromatic rings. The van der Waals surface area contributed by atoms with Crippen molar-refractivity contribution in [3.63, 3.8) is 0 Å². The Morgan fingerprint density at radius 2 is 1.02 bits per heavy atom. The van der Waals surface area contributed by atoms with Gasteiger partial charge in [-0.3, -0.25) is 10.9 Å². The smallest absolute Gasteiger partial charge is 0.186 e. The maximum atomic E-state index is 5.34. The van der Waals surface area contributed by atoms with Crippen LogP contribution in [0.5, 0.6) is 0 Å². The van der Waals surface area contributed by atoms with E-state index in [2.05, 4.69) is 75.6 Å². The summed E-state index contributed by atoms with van der Waals surface area (Å²) in [6, 6.07) is 16.4. The average Bonchev–Trinajstić information content (AvgIpc) is 2.99. The van der Waals surface area contributed by atoms with E-state index in [9.17, 15) is 0 Å². The molecule has 0 aliphatic carbocycles. The summed E-state index contributed by atoms with van der Waals surface area (Å²) in [6.07, 6.45) is 5.62. The monoisotopic (exact) mass is 610 g/mol. The molecule has 1 saturated heterocycles. The summed E-state index contributed by atoms with van der Waals surface area (Å²) in [5.41, 5.74) is 10.2. The number of nitrogens with zero attached hydrogens (tertiary/aromatic N) is 6. The van der Waals surface area contributed by atoms with E-state index in [1.807, 2.05) is 52.5 Å². The van der Waals surface area contributed by atoms with Crippen LogP contribution in [0.4, 0.5) is 11.4 Å². The van der Waals surface area contributed by atoms with E-state index in [0.29, 0.717) is 10.2 Å². The Morgan fingerprint density at radius 3 is 1.36 bits per heavy atom. The molecule has 0 unspecified atom stereocenters. The lowest BCUT2D eigenvalue weighted by Crippen LogP contribution is -2.47. The van der Waals surface area contributed by atoms with Gasteiger partial charge in [-0.2, -0.15) is 10.2 Å². The third-order valence-electron chi connectivity index (χ3n) is 6.92. The lowest BCUT2D eigenvalue weighted by atomic mass is 10.2. The molecule has 1 aliphatic heterocycles. The van der Waals surface area contributed by atoms with Gasteiger partial charge in [0.2, 0.25) is 0 Å². The number of anilines is 2. The van der Waals surface area contributed by atoms with E-state index in [1.165, 1.54) is 0 Å². The first-order chi connectivity index (χ1) is 20.3. The zero-order chi connectivity index (χ0) is 30.2. The van der Waals surface area contributed by atoms with Crippen LogP contribution in [-0.2, 0) is 0 Å². The summed E-state index contributed by atoms with van der Waals surface area (Å²) in [6.45, 7) is 8.15. The Bertz CT molecular complexity index is 1050. The van der Waals surface area contributed by atoms with E-state index in [1.54, 1.807) is 12.4 Å². The number of hydrogen-bond acceptors (Lipinski definition) is 8. The number of rotatable bonds is 14. The Hall–Kier alpha value is -3.32. The van der Waals surface area contributed by atoms with Crippen molar-refractivity contribution in [1.29, 1.82) is 0 Å². The second kappa shape index (κ2) is 18.3. The number of nitrogens with one attached hydrogen (secondary N) is 4. The molecule has 0 amide bonds. The van der Waals surface area contributed by atoms with Gasteiger partial charge in [-0.1, -0.05) is 24.3 Å². The van der Waals surface area contributed by atoms with Crippen LogP contribution in [-0.4, -0.2) is 113 Å². The standard InChI is InChI=1S/C30H46N10S2/c1-37(2)27-11-7-25(8-12-27)23-33-35-29(41)31-15-5-17-39-19-21-40(22-20-39)18-6-16-32-30(42)36-34-24-26-9-13-28(14-10-26)38(3)4/h7-14,23-24H,5-6,15-22H2,1-4H3,(H2,31,35,41)(H2,32,36,42)/b33-23+,34-24?. The van der Waals surface area contributed by atoms with Crippen molar-refractivity contribution in [2.45, 2.75) is 12.8 Å². The molecule has 12 heteroatoms. The molecule has 10 nitrogen and oxygen atoms in total. The largest absolute Gasteiger partial charge is 0.378 e. The van der Waals surface area contributed by atoms with Gasteiger partial charge < -0.3 is 30.2 Å². The van der Waals surface area contributed by atoms with Crippen molar-refractivity contribution < 1.29 is 0 Å². The van der Waals surface area contributed by atoms with Crippen LogP contribution in [0.2, 0.25) is 0 Å². The minimum atomic E-state index is 0.547. The molecule has 1 aliphatic rings. The maximum Gasteiger partial charge on any atom is 0.186 e. The summed E-state index contributed by atoms with van der Waals surface area (Å²) in [7, 11) is 8.10. The topological polar surface area (TPSA) is 85.8 Å². The third kappa shape index (κ3) is 12.7. The predicted octanol–water partition coefficient (Wildman–Crippen LogP) is 2.51. The second-order valence-electron chi connectivity index (χ2n) is 10.6. The lowest BCUT2D eigenvalue weighted by molar-refractivity contribution is 0.131. The summed E-state index contributed by atoms with van der Waals surface area (Å²) in [5.74, 6) is 0. The normalized spacial score (nSPS) is 14.2. The van der Waals surface area contributed by atoms with Crippen molar-refractivity contribution in [1.82, 2.24) is 31.3 Å². The van der Waals surface area contributed by atoms with Gasteiger partial charge in [0.1, 0.15) is 0 Å². The van der Waals surface area contributed by atoms with Crippen molar-refractivity contribution in [2.24, 2.45) is 10.2 Å². The lowest BCUT2D eigenvalue weighted by Gasteiger charge is -2.34. The molecule has 3 rings (SSSR count). The summed E-state index contributed by atoms with van der Waals surface area (Å²) >= 11 is 10.7. The first kappa shape index (κ1) is 33.2. The Labute approximate surface area is 262 Å². The second-order valence-corrected chi connectivity index (χ2v) is 11.4. The van der Waals surface area contributed by atoms with Gasteiger partial charge in [-0.05, 0) is 85.8 Å². The molecule has 4 N–H and O–H groups in total. The molecule has 0 bridgehead atoms. The fraction of sp³-hybridized carbons (Fsp3) is 0.467. The Balaban J connectivity index is 1.17. The van der Waals surface area contributed by atoms with Crippen LogP contribution in [0.15, 0.2) is 58.7 Å². The molecule has 0 radical (unpaired) electrons. The first-order valence-corrected chi connectivity index (χ1v) is 15.2. The fourth-order valence-corrected chi connectivity index (χ4v) is 4.68. The first-order valence-electron chi connectivity index (χ1n) is 14.4. The van der Waals surface area contributed by atoms with E-state index in [0.717, 1.165) is 87.7 Å². The molecule has 42 heavy (non-hydrogen) atoms. The maximum absolute atomic E-state index is 5.34. The quantitative estimate of drug-likeness (QED) is 0.111. The van der Waals surface area contributed by atoms with E-state index in [-0.39, 0.29) is 0 Å². The van der Waals surface area contributed by atoms with Crippen LogP contribution in [0, 0.1) is 0 Å². The highest BCUT2D eigenvalue weighted by Gasteiger charge is 2.15. The van der Waals surface area contributed by atoms with Gasteiger partial charge in [0.05, 0.1) is 12.4 Å². The zero-order valence-corrected chi connectivity index (χ0v) is 27.0. The molecular weight excluding hydrogens is 565 g/mol. The van der Waals surface area contributed by atoms with E-state index < -0.39 is 0 Å². The zero-order valence-electron chi connectivity index (χ0n) is 25.3. The molecule has 2 aromatic carbocycles. The molecule has 1 fully saturated rings.